The molecule has 0 saturated carbocycles. The summed E-state index contributed by atoms with van der Waals surface area (Å²) < 4.78 is 13.2. The maximum Gasteiger partial charge on any atom is 0.274 e. The monoisotopic (exact) mass is 290 g/mol. The summed E-state index contributed by atoms with van der Waals surface area (Å²) in [4.78, 5) is 10.6. The third-order valence-corrected chi connectivity index (χ3v) is 3.17. The predicted octanol–water partition coefficient (Wildman–Crippen LogP) is 3.61. The van der Waals surface area contributed by atoms with E-state index < -0.39 is 16.5 Å². The van der Waals surface area contributed by atoms with Gasteiger partial charge in [0, 0.05) is 23.9 Å². The summed E-state index contributed by atoms with van der Waals surface area (Å²) in [7, 11) is 0. The van der Waals surface area contributed by atoms with E-state index in [2.05, 4.69) is 5.32 Å². The lowest BCUT2D eigenvalue weighted by Crippen LogP contribution is -2.02. The minimum absolute atomic E-state index is 0.0689. The zero-order valence-electron chi connectivity index (χ0n) is 11.5. The molecule has 21 heavy (non-hydrogen) atoms. The topological polar surface area (TPSA) is 75.4 Å². The van der Waals surface area contributed by atoms with Crippen molar-refractivity contribution in [3.63, 3.8) is 0 Å². The number of halogens is 1. The Morgan fingerprint density at radius 1 is 1.29 bits per heavy atom. The van der Waals surface area contributed by atoms with Gasteiger partial charge in [-0.25, -0.2) is 4.39 Å². The number of aromatic hydroxyl groups is 1. The summed E-state index contributed by atoms with van der Waals surface area (Å²) in [6, 6.07) is 9.00. The standard InChI is InChI=1S/C15H15FN2O3/c1-2-11-4-5-12(8-14(11)18(20)21)17-9-10-3-6-15(19)13(16)7-10/h3-8,17,19H,2,9H2,1H3. The zero-order valence-corrected chi connectivity index (χ0v) is 11.5. The molecular weight excluding hydrogens is 275 g/mol. The van der Waals surface area contributed by atoms with Crippen molar-refractivity contribution in [2.45, 2.75) is 19.9 Å². The lowest BCUT2D eigenvalue weighted by Gasteiger charge is -2.08. The van der Waals surface area contributed by atoms with Crippen LogP contribution >= 0.6 is 0 Å². The van der Waals surface area contributed by atoms with Gasteiger partial charge in [-0.3, -0.25) is 10.1 Å². The Hall–Kier alpha value is -2.63. The van der Waals surface area contributed by atoms with E-state index in [1.54, 1.807) is 18.2 Å². The number of aryl methyl sites for hydroxylation is 1. The number of nitrogens with one attached hydrogen (secondary N) is 1. The number of rotatable bonds is 5. The molecule has 0 spiro atoms. The molecule has 2 rings (SSSR count). The highest BCUT2D eigenvalue weighted by Gasteiger charge is 2.13. The molecule has 0 bridgehead atoms. The fourth-order valence-electron chi connectivity index (χ4n) is 2.01. The van der Waals surface area contributed by atoms with Gasteiger partial charge in [-0.15, -0.1) is 0 Å². The zero-order chi connectivity index (χ0) is 15.4. The average molecular weight is 290 g/mol. The van der Waals surface area contributed by atoms with E-state index in [-0.39, 0.29) is 5.69 Å². The summed E-state index contributed by atoms with van der Waals surface area (Å²) in [5.74, 6) is -1.09. The molecule has 5 nitrogen and oxygen atoms in total. The molecule has 0 fully saturated rings. The molecule has 0 atom stereocenters. The lowest BCUT2D eigenvalue weighted by atomic mass is 10.1. The summed E-state index contributed by atoms with van der Waals surface area (Å²) in [5.41, 5.74) is 1.96. The fraction of sp³-hybridized carbons (Fsp3) is 0.200. The maximum absolute atomic E-state index is 13.2. The molecule has 0 aliphatic rings. The predicted molar refractivity (Wildman–Crippen MR) is 77.9 cm³/mol. The molecule has 2 N–H and O–H groups in total. The van der Waals surface area contributed by atoms with Crippen LogP contribution in [0.2, 0.25) is 0 Å². The molecule has 110 valence electrons. The second kappa shape index (κ2) is 6.21. The van der Waals surface area contributed by atoms with Crippen LogP contribution in [0.5, 0.6) is 5.75 Å². The van der Waals surface area contributed by atoms with Gasteiger partial charge in [0.25, 0.3) is 5.69 Å². The molecule has 0 heterocycles. The van der Waals surface area contributed by atoms with E-state index in [0.29, 0.717) is 29.8 Å². The van der Waals surface area contributed by atoms with Gasteiger partial charge < -0.3 is 10.4 Å². The molecule has 0 saturated heterocycles. The summed E-state index contributed by atoms with van der Waals surface area (Å²) >= 11 is 0. The first kappa shape index (κ1) is 14.8. The van der Waals surface area contributed by atoms with E-state index in [1.165, 1.54) is 18.2 Å². The number of hydrogen-bond donors (Lipinski definition) is 2. The number of phenolic OH excluding ortho intramolecular Hbond substituents is 1. The van der Waals surface area contributed by atoms with Crippen LogP contribution in [0.3, 0.4) is 0 Å². The first-order valence-electron chi connectivity index (χ1n) is 6.50. The minimum Gasteiger partial charge on any atom is -0.505 e. The first-order chi connectivity index (χ1) is 10.0. The average Bonchev–Trinajstić information content (AvgIpc) is 2.48. The molecule has 0 amide bonds. The van der Waals surface area contributed by atoms with E-state index in [9.17, 15) is 14.5 Å². The quantitative estimate of drug-likeness (QED) is 0.651. The number of anilines is 1. The highest BCUT2D eigenvalue weighted by molar-refractivity contribution is 5.55. The van der Waals surface area contributed by atoms with Crippen molar-refractivity contribution in [2.75, 3.05) is 5.32 Å². The van der Waals surface area contributed by atoms with Crippen LogP contribution in [0.4, 0.5) is 15.8 Å². The van der Waals surface area contributed by atoms with Crippen LogP contribution in [0.1, 0.15) is 18.1 Å². The van der Waals surface area contributed by atoms with Gasteiger partial charge in [0.15, 0.2) is 11.6 Å². The van der Waals surface area contributed by atoms with Gasteiger partial charge in [0.05, 0.1) is 4.92 Å². The van der Waals surface area contributed by atoms with Crippen molar-refractivity contribution < 1.29 is 14.4 Å². The number of nitro benzene ring substituents is 1. The molecule has 0 unspecified atom stereocenters. The Balaban J connectivity index is 2.14. The first-order valence-corrected chi connectivity index (χ1v) is 6.50. The second-order valence-electron chi connectivity index (χ2n) is 4.59. The van der Waals surface area contributed by atoms with Crippen LogP contribution < -0.4 is 5.32 Å². The molecule has 2 aromatic carbocycles. The molecule has 0 aliphatic heterocycles. The molecule has 2 aromatic rings. The van der Waals surface area contributed by atoms with E-state index in [1.807, 2.05) is 6.92 Å². The normalized spacial score (nSPS) is 10.4. The molecule has 0 radical (unpaired) electrons. The number of benzene rings is 2. The number of nitro groups is 1. The number of phenols is 1. The van der Waals surface area contributed by atoms with Crippen LogP contribution in [0.25, 0.3) is 0 Å². The summed E-state index contributed by atoms with van der Waals surface area (Å²) in [6.07, 6.45) is 0.583. The van der Waals surface area contributed by atoms with Crippen molar-refractivity contribution in [1.82, 2.24) is 0 Å². The Labute approximate surface area is 121 Å². The van der Waals surface area contributed by atoms with Gasteiger partial charge in [0.1, 0.15) is 0 Å². The largest absolute Gasteiger partial charge is 0.505 e. The second-order valence-corrected chi connectivity index (χ2v) is 4.59. The minimum atomic E-state index is -0.693. The van der Waals surface area contributed by atoms with Crippen molar-refractivity contribution >= 4 is 11.4 Å². The Morgan fingerprint density at radius 2 is 2.05 bits per heavy atom. The summed E-state index contributed by atoms with van der Waals surface area (Å²) in [6.45, 7) is 2.16. The smallest absolute Gasteiger partial charge is 0.274 e. The Kier molecular flexibility index (Phi) is 4.37. The van der Waals surface area contributed by atoms with Crippen molar-refractivity contribution in [1.29, 1.82) is 0 Å². The van der Waals surface area contributed by atoms with Crippen molar-refractivity contribution in [3.05, 3.63) is 63.5 Å². The third kappa shape index (κ3) is 3.47. The highest BCUT2D eigenvalue weighted by Crippen LogP contribution is 2.24. The third-order valence-electron chi connectivity index (χ3n) is 3.17. The van der Waals surface area contributed by atoms with Gasteiger partial charge >= 0.3 is 0 Å². The molecule has 0 aliphatic carbocycles. The summed E-state index contributed by atoms with van der Waals surface area (Å²) in [5, 5.41) is 23.1. The van der Waals surface area contributed by atoms with E-state index in [4.69, 9.17) is 5.11 Å². The van der Waals surface area contributed by atoms with Crippen molar-refractivity contribution in [3.8, 4) is 5.75 Å². The molecular formula is C15H15FN2O3. The highest BCUT2D eigenvalue weighted by atomic mass is 19.1. The maximum atomic E-state index is 13.2. The van der Waals surface area contributed by atoms with Gasteiger partial charge in [0.2, 0.25) is 0 Å². The van der Waals surface area contributed by atoms with Gasteiger partial charge in [-0.05, 0) is 30.2 Å². The lowest BCUT2D eigenvalue weighted by molar-refractivity contribution is -0.385. The Bertz CT molecular complexity index is 674. The van der Waals surface area contributed by atoms with Gasteiger partial charge in [-0.2, -0.15) is 0 Å². The number of nitrogens with zero attached hydrogens (tertiary/aromatic N) is 1. The van der Waals surface area contributed by atoms with Crippen molar-refractivity contribution in [2.24, 2.45) is 0 Å². The number of hydrogen-bond acceptors (Lipinski definition) is 4. The Morgan fingerprint density at radius 3 is 2.67 bits per heavy atom. The SMILES string of the molecule is CCc1ccc(NCc2ccc(O)c(F)c2)cc1[N+](=O)[O-]. The van der Waals surface area contributed by atoms with Crippen LogP contribution in [0.15, 0.2) is 36.4 Å². The fourth-order valence-corrected chi connectivity index (χ4v) is 2.01. The van der Waals surface area contributed by atoms with E-state index >= 15 is 0 Å². The van der Waals surface area contributed by atoms with E-state index in [0.717, 1.165) is 0 Å². The van der Waals surface area contributed by atoms with Crippen LogP contribution in [-0.2, 0) is 13.0 Å². The van der Waals surface area contributed by atoms with Crippen LogP contribution in [0, 0.1) is 15.9 Å². The molecule has 6 heteroatoms. The van der Waals surface area contributed by atoms with Gasteiger partial charge in [-0.1, -0.05) is 19.1 Å². The van der Waals surface area contributed by atoms with Crippen LogP contribution in [-0.4, -0.2) is 10.0 Å². The molecule has 0 aromatic heterocycles.